The Balaban J connectivity index is 2.16. The molecule has 0 spiro atoms. The summed E-state index contributed by atoms with van der Waals surface area (Å²) in [4.78, 5) is 0. The van der Waals surface area contributed by atoms with E-state index in [4.69, 9.17) is 4.74 Å². The highest BCUT2D eigenvalue weighted by molar-refractivity contribution is 4.99. The number of hydrogen-bond donors (Lipinski definition) is 1. The SMILES string of the molecule is CC1(C)CC(C)(C)CC(CO)(CC2CO2)C1. The molecule has 0 bridgehead atoms. The van der Waals surface area contributed by atoms with Crippen LogP contribution in [0.5, 0.6) is 0 Å². The topological polar surface area (TPSA) is 32.8 Å². The Morgan fingerprint density at radius 3 is 1.94 bits per heavy atom. The molecule has 1 aliphatic carbocycles. The molecule has 2 heteroatoms. The van der Waals surface area contributed by atoms with Gasteiger partial charge in [0.05, 0.1) is 12.7 Å². The first-order valence-corrected chi connectivity index (χ1v) is 6.49. The number of ether oxygens (including phenoxy) is 1. The normalized spacial score (nSPS) is 34.7. The molecule has 94 valence electrons. The van der Waals surface area contributed by atoms with Gasteiger partial charge in [-0.15, -0.1) is 0 Å². The number of hydrogen-bond acceptors (Lipinski definition) is 2. The van der Waals surface area contributed by atoms with Crippen molar-refractivity contribution in [1.29, 1.82) is 0 Å². The van der Waals surface area contributed by atoms with Gasteiger partial charge in [0.1, 0.15) is 0 Å². The van der Waals surface area contributed by atoms with Crippen molar-refractivity contribution in [2.24, 2.45) is 16.2 Å². The lowest BCUT2D eigenvalue weighted by atomic mass is 9.54. The lowest BCUT2D eigenvalue weighted by molar-refractivity contribution is -0.0449. The molecule has 1 heterocycles. The molecule has 1 aliphatic heterocycles. The maximum absolute atomic E-state index is 9.83. The average molecular weight is 226 g/mol. The number of epoxide rings is 1. The van der Waals surface area contributed by atoms with E-state index in [1.54, 1.807) is 0 Å². The van der Waals surface area contributed by atoms with Crippen LogP contribution in [0.2, 0.25) is 0 Å². The lowest BCUT2D eigenvalue weighted by Crippen LogP contribution is -2.44. The summed E-state index contributed by atoms with van der Waals surface area (Å²) in [7, 11) is 0. The summed E-state index contributed by atoms with van der Waals surface area (Å²) >= 11 is 0. The molecule has 1 atom stereocenters. The fourth-order valence-electron chi connectivity index (χ4n) is 4.50. The van der Waals surface area contributed by atoms with E-state index in [9.17, 15) is 5.11 Å². The van der Waals surface area contributed by atoms with Crippen LogP contribution in [-0.2, 0) is 4.74 Å². The van der Waals surface area contributed by atoms with Crippen LogP contribution in [0.3, 0.4) is 0 Å². The lowest BCUT2D eigenvalue weighted by Gasteiger charge is -2.51. The van der Waals surface area contributed by atoms with Crippen molar-refractivity contribution in [3.05, 3.63) is 0 Å². The van der Waals surface area contributed by atoms with E-state index in [2.05, 4.69) is 27.7 Å². The van der Waals surface area contributed by atoms with E-state index in [-0.39, 0.29) is 5.41 Å². The second kappa shape index (κ2) is 3.71. The van der Waals surface area contributed by atoms with Crippen LogP contribution in [-0.4, -0.2) is 24.4 Å². The van der Waals surface area contributed by atoms with Crippen molar-refractivity contribution in [3.63, 3.8) is 0 Å². The Bertz CT molecular complexity index is 248. The van der Waals surface area contributed by atoms with Crippen molar-refractivity contribution in [1.82, 2.24) is 0 Å². The first kappa shape index (κ1) is 12.4. The smallest absolute Gasteiger partial charge is 0.0816 e. The third-order valence-corrected chi connectivity index (χ3v) is 4.06. The zero-order valence-corrected chi connectivity index (χ0v) is 11.2. The van der Waals surface area contributed by atoms with E-state index < -0.39 is 0 Å². The summed E-state index contributed by atoms with van der Waals surface area (Å²) in [5, 5.41) is 9.83. The van der Waals surface area contributed by atoms with Crippen molar-refractivity contribution in [2.45, 2.75) is 59.5 Å². The number of rotatable bonds is 3. The maximum atomic E-state index is 9.83. The molecule has 1 saturated heterocycles. The summed E-state index contributed by atoms with van der Waals surface area (Å²) in [5.74, 6) is 0. The molecule has 2 aliphatic rings. The molecule has 2 rings (SSSR count). The molecule has 0 aromatic carbocycles. The zero-order chi connectivity index (χ0) is 12.0. The molecule has 2 nitrogen and oxygen atoms in total. The van der Waals surface area contributed by atoms with Crippen LogP contribution >= 0.6 is 0 Å². The molecule has 1 saturated carbocycles. The predicted octanol–water partition coefficient (Wildman–Crippen LogP) is 2.99. The molecule has 1 unspecified atom stereocenters. The predicted molar refractivity (Wildman–Crippen MR) is 65.3 cm³/mol. The molecule has 16 heavy (non-hydrogen) atoms. The van der Waals surface area contributed by atoms with Crippen molar-refractivity contribution in [3.8, 4) is 0 Å². The van der Waals surface area contributed by atoms with Crippen LogP contribution in [0.25, 0.3) is 0 Å². The average Bonchev–Trinajstić information content (AvgIpc) is 2.82. The summed E-state index contributed by atoms with van der Waals surface area (Å²) < 4.78 is 5.36. The summed E-state index contributed by atoms with van der Waals surface area (Å²) in [6, 6.07) is 0. The summed E-state index contributed by atoms with van der Waals surface area (Å²) in [6.45, 7) is 10.6. The fourth-order valence-corrected chi connectivity index (χ4v) is 4.50. The molecule has 0 aromatic rings. The minimum Gasteiger partial charge on any atom is -0.396 e. The van der Waals surface area contributed by atoms with Gasteiger partial charge in [0, 0.05) is 6.61 Å². The highest BCUT2D eigenvalue weighted by Gasteiger charge is 2.49. The first-order chi connectivity index (χ1) is 7.26. The van der Waals surface area contributed by atoms with Gasteiger partial charge in [0.15, 0.2) is 0 Å². The Hall–Kier alpha value is -0.0800. The van der Waals surface area contributed by atoms with E-state index in [1.807, 2.05) is 0 Å². The van der Waals surface area contributed by atoms with Crippen molar-refractivity contribution >= 4 is 0 Å². The molecular formula is C14H26O2. The number of aliphatic hydroxyl groups excluding tert-OH is 1. The van der Waals surface area contributed by atoms with Crippen LogP contribution in [0.1, 0.15) is 53.4 Å². The highest BCUT2D eigenvalue weighted by atomic mass is 16.6. The largest absolute Gasteiger partial charge is 0.396 e. The van der Waals surface area contributed by atoms with Crippen molar-refractivity contribution < 1.29 is 9.84 Å². The second-order valence-electron chi connectivity index (χ2n) is 7.68. The highest BCUT2D eigenvalue weighted by Crippen LogP contribution is 2.56. The second-order valence-corrected chi connectivity index (χ2v) is 7.68. The van der Waals surface area contributed by atoms with Gasteiger partial charge in [-0.3, -0.25) is 0 Å². The summed E-state index contributed by atoms with van der Waals surface area (Å²) in [6.07, 6.45) is 5.01. The van der Waals surface area contributed by atoms with E-state index in [0.717, 1.165) is 25.9 Å². The van der Waals surface area contributed by atoms with Gasteiger partial charge in [-0.1, -0.05) is 27.7 Å². The Labute approximate surface area is 99.4 Å². The standard InChI is InChI=1S/C14H26O2/c1-12(2)7-13(3,4)9-14(8-12,10-15)5-11-6-16-11/h11,15H,5-10H2,1-4H3. The van der Waals surface area contributed by atoms with Crippen LogP contribution < -0.4 is 0 Å². The van der Waals surface area contributed by atoms with Gasteiger partial charge in [-0.25, -0.2) is 0 Å². The van der Waals surface area contributed by atoms with E-state index in [1.165, 1.54) is 6.42 Å². The van der Waals surface area contributed by atoms with E-state index >= 15 is 0 Å². The first-order valence-electron chi connectivity index (χ1n) is 6.49. The number of aliphatic hydroxyl groups is 1. The van der Waals surface area contributed by atoms with E-state index in [0.29, 0.717) is 23.5 Å². The Morgan fingerprint density at radius 2 is 1.56 bits per heavy atom. The van der Waals surface area contributed by atoms with Gasteiger partial charge < -0.3 is 9.84 Å². The van der Waals surface area contributed by atoms with Gasteiger partial charge in [-0.05, 0) is 41.9 Å². The fraction of sp³-hybridized carbons (Fsp3) is 1.00. The minimum absolute atomic E-state index is 0.104. The molecule has 0 amide bonds. The molecule has 0 radical (unpaired) electrons. The third kappa shape index (κ3) is 2.78. The molecule has 1 N–H and O–H groups in total. The van der Waals surface area contributed by atoms with Gasteiger partial charge in [0.25, 0.3) is 0 Å². The van der Waals surface area contributed by atoms with Crippen LogP contribution in [0.4, 0.5) is 0 Å². The maximum Gasteiger partial charge on any atom is 0.0816 e. The van der Waals surface area contributed by atoms with Gasteiger partial charge in [-0.2, -0.15) is 0 Å². The third-order valence-electron chi connectivity index (χ3n) is 4.06. The monoisotopic (exact) mass is 226 g/mol. The van der Waals surface area contributed by atoms with Crippen LogP contribution in [0, 0.1) is 16.2 Å². The Kier molecular flexibility index (Phi) is 2.87. The summed E-state index contributed by atoms with van der Waals surface area (Å²) in [5.41, 5.74) is 0.797. The van der Waals surface area contributed by atoms with Crippen LogP contribution in [0.15, 0.2) is 0 Å². The molecule has 2 fully saturated rings. The quantitative estimate of drug-likeness (QED) is 0.750. The van der Waals surface area contributed by atoms with Crippen molar-refractivity contribution in [2.75, 3.05) is 13.2 Å². The van der Waals surface area contributed by atoms with Gasteiger partial charge in [0.2, 0.25) is 0 Å². The van der Waals surface area contributed by atoms with Gasteiger partial charge >= 0.3 is 0 Å². The minimum atomic E-state index is 0.104. The Morgan fingerprint density at radius 1 is 1.06 bits per heavy atom. The zero-order valence-electron chi connectivity index (χ0n) is 11.2. The molecule has 0 aromatic heterocycles. The molecular weight excluding hydrogens is 200 g/mol.